The third-order valence-electron chi connectivity index (χ3n) is 8.19. The van der Waals surface area contributed by atoms with Crippen molar-refractivity contribution in [2.75, 3.05) is 13.2 Å². The molecule has 11 heteroatoms. The van der Waals surface area contributed by atoms with Crippen LogP contribution in [0.15, 0.2) is 30.5 Å². The summed E-state index contributed by atoms with van der Waals surface area (Å²) in [6, 6.07) is 8.95. The Balaban J connectivity index is 0.00000370. The number of rotatable bonds is 10. The Bertz CT molecular complexity index is 1220. The summed E-state index contributed by atoms with van der Waals surface area (Å²) in [5.74, 6) is -0.199. The largest absolute Gasteiger partial charge is 0.481 e. The molecular weight excluding hydrogens is 569 g/mol. The van der Waals surface area contributed by atoms with E-state index in [9.17, 15) is 4.79 Å². The molecule has 1 aromatic carbocycles. The molecule has 3 heterocycles. The van der Waals surface area contributed by atoms with E-state index in [1.807, 2.05) is 34.3 Å². The maximum absolute atomic E-state index is 10.8. The molecule has 2 atom stereocenters. The number of carboxylic acids is 1. The lowest BCUT2D eigenvalue weighted by Crippen LogP contribution is -2.53. The number of unbranched alkanes of at least 4 members (excludes halogenated alkanes) is 1. The van der Waals surface area contributed by atoms with Crippen molar-refractivity contribution >= 4 is 41.3 Å². The van der Waals surface area contributed by atoms with E-state index in [4.69, 9.17) is 26.4 Å². The van der Waals surface area contributed by atoms with Crippen molar-refractivity contribution < 1.29 is 14.6 Å². The molecule has 1 aliphatic heterocycles. The number of hydrogen-bond acceptors (Lipinski definition) is 7. The minimum Gasteiger partial charge on any atom is -0.481 e. The maximum Gasteiger partial charge on any atom is 0.303 e. The summed E-state index contributed by atoms with van der Waals surface area (Å²) in [4.78, 5) is 19.6. The van der Waals surface area contributed by atoms with Crippen molar-refractivity contribution in [3.8, 4) is 0 Å². The number of benzene rings is 1. The van der Waals surface area contributed by atoms with Crippen LogP contribution in [0.1, 0.15) is 83.8 Å². The minimum absolute atomic E-state index is 0. The highest BCUT2D eigenvalue weighted by atomic mass is 35.5. The van der Waals surface area contributed by atoms with Crippen molar-refractivity contribution in [2.24, 2.45) is 0 Å². The van der Waals surface area contributed by atoms with Gasteiger partial charge in [0.05, 0.1) is 23.5 Å². The van der Waals surface area contributed by atoms with Crippen molar-refractivity contribution in [1.82, 2.24) is 24.9 Å². The van der Waals surface area contributed by atoms with Crippen LogP contribution >= 0.6 is 35.3 Å². The molecule has 2 aromatic heterocycles. The van der Waals surface area contributed by atoms with Crippen LogP contribution in [0.3, 0.4) is 0 Å². The van der Waals surface area contributed by atoms with Gasteiger partial charge in [-0.25, -0.2) is 4.98 Å². The van der Waals surface area contributed by atoms with Gasteiger partial charge in [0.2, 0.25) is 0 Å². The van der Waals surface area contributed by atoms with Crippen LogP contribution in [-0.4, -0.2) is 61.2 Å². The van der Waals surface area contributed by atoms with Crippen molar-refractivity contribution in [1.29, 1.82) is 0 Å². The molecule has 218 valence electrons. The number of halogens is 2. The summed E-state index contributed by atoms with van der Waals surface area (Å²) >= 11 is 8.01. The van der Waals surface area contributed by atoms with Crippen molar-refractivity contribution in [3.63, 3.8) is 0 Å². The predicted octanol–water partition coefficient (Wildman–Crippen LogP) is 6.39. The summed E-state index contributed by atoms with van der Waals surface area (Å²) in [7, 11) is 0. The highest BCUT2D eigenvalue weighted by molar-refractivity contribution is 7.11. The van der Waals surface area contributed by atoms with Gasteiger partial charge in [0.15, 0.2) is 0 Å². The van der Waals surface area contributed by atoms with Crippen molar-refractivity contribution in [3.05, 3.63) is 62.3 Å². The summed E-state index contributed by atoms with van der Waals surface area (Å²) in [5, 5.41) is 19.7. The second kappa shape index (κ2) is 14.2. The van der Waals surface area contributed by atoms with Gasteiger partial charge in [0.1, 0.15) is 11.8 Å². The van der Waals surface area contributed by atoms with E-state index in [2.05, 4.69) is 41.2 Å². The molecule has 8 nitrogen and oxygen atoms in total. The molecule has 40 heavy (non-hydrogen) atoms. The average molecular weight is 609 g/mol. The number of thiazole rings is 1. The lowest BCUT2D eigenvalue weighted by Gasteiger charge is -2.46. The Kier molecular flexibility index (Phi) is 11.0. The van der Waals surface area contributed by atoms with Crippen LogP contribution in [0, 0.1) is 13.8 Å². The average Bonchev–Trinajstić information content (AvgIpc) is 3.54. The quantitative estimate of drug-likeness (QED) is 0.267. The molecule has 1 saturated heterocycles. The Morgan fingerprint density at radius 3 is 2.58 bits per heavy atom. The number of ether oxygens (including phenoxy) is 1. The number of nitrogens with zero attached hydrogens (tertiary/aromatic N) is 5. The fraction of sp³-hybridized carbons (Fsp3) is 0.586. The topological polar surface area (TPSA) is 93.4 Å². The first kappa shape index (κ1) is 30.9. The number of carbonyl (C=O) groups is 1. The molecule has 0 spiro atoms. The number of aliphatic carboxylic acids is 1. The van der Waals surface area contributed by atoms with Crippen LogP contribution in [-0.2, 0) is 22.5 Å². The second-order valence-corrected chi connectivity index (χ2v) is 12.6. The zero-order valence-corrected chi connectivity index (χ0v) is 25.6. The third-order valence-corrected chi connectivity index (χ3v) is 9.68. The standard InChI is InChI=1S/C29H38ClN5O3S.ClH/c1-19-20(2)39-29(31-19)22-8-12-24(13-9-22)35-17-27(26-16-34(33-32-26)14-4-3-5-28(36)37)38-18-25(35)15-21-6-10-23(30)11-7-21;/h6-7,10-11,16,22,24-25,27H,3-5,8-9,12-15,17-18H2,1-2H3,(H,36,37);1H/t22?,24?,25-,27+;/m0./s1. The SMILES string of the molecule is Cc1nc(C2CCC(N3C[C@H](c4cn(CCCCC(=O)O)nn4)OC[C@@H]3Cc3ccc(Cl)cc3)CC2)sc1C.Cl. The second-order valence-electron chi connectivity index (χ2n) is 11.0. The summed E-state index contributed by atoms with van der Waals surface area (Å²) < 4.78 is 8.21. The number of carboxylic acid groups (broad SMARTS) is 1. The van der Waals surface area contributed by atoms with Gasteiger partial charge in [0.25, 0.3) is 0 Å². The predicted molar refractivity (Wildman–Crippen MR) is 160 cm³/mol. The van der Waals surface area contributed by atoms with Gasteiger partial charge < -0.3 is 9.84 Å². The van der Waals surface area contributed by atoms with E-state index in [1.54, 1.807) is 0 Å². The lowest BCUT2D eigenvalue weighted by molar-refractivity contribution is -0.137. The maximum atomic E-state index is 10.8. The third kappa shape index (κ3) is 7.82. The van der Waals surface area contributed by atoms with Gasteiger partial charge in [0, 0.05) is 47.4 Å². The monoisotopic (exact) mass is 607 g/mol. The molecule has 3 aromatic rings. The molecule has 0 radical (unpaired) electrons. The lowest BCUT2D eigenvalue weighted by atomic mass is 9.84. The Morgan fingerprint density at radius 2 is 1.90 bits per heavy atom. The Hall–Kier alpha value is -2.04. The zero-order chi connectivity index (χ0) is 27.4. The van der Waals surface area contributed by atoms with E-state index in [1.165, 1.54) is 34.0 Å². The fourth-order valence-electron chi connectivity index (χ4n) is 5.86. The van der Waals surface area contributed by atoms with Gasteiger partial charge in [-0.1, -0.05) is 28.9 Å². The zero-order valence-electron chi connectivity index (χ0n) is 23.2. The number of hydrogen-bond donors (Lipinski definition) is 1. The van der Waals surface area contributed by atoms with Gasteiger partial charge in [-0.05, 0) is 76.5 Å². The molecule has 0 bridgehead atoms. The number of aryl methyl sites for hydroxylation is 3. The van der Waals surface area contributed by atoms with Gasteiger partial charge in [-0.3, -0.25) is 14.4 Å². The minimum atomic E-state index is -0.760. The molecular formula is C29H39Cl2N5O3S. The van der Waals surface area contributed by atoms with Gasteiger partial charge >= 0.3 is 5.97 Å². The molecule has 2 fully saturated rings. The fourth-order valence-corrected chi connectivity index (χ4v) is 7.08. The van der Waals surface area contributed by atoms with E-state index >= 15 is 0 Å². The molecule has 2 aliphatic rings. The molecule has 1 saturated carbocycles. The molecule has 0 unspecified atom stereocenters. The van der Waals surface area contributed by atoms with Crippen LogP contribution in [0.2, 0.25) is 5.02 Å². The Labute approximate surface area is 251 Å². The first-order chi connectivity index (χ1) is 18.9. The summed E-state index contributed by atoms with van der Waals surface area (Å²) in [6.45, 7) is 6.38. The van der Waals surface area contributed by atoms with Gasteiger partial charge in [-0.2, -0.15) is 0 Å². The van der Waals surface area contributed by atoms with Crippen LogP contribution in [0.4, 0.5) is 0 Å². The highest BCUT2D eigenvalue weighted by Gasteiger charge is 2.37. The van der Waals surface area contributed by atoms with Crippen molar-refractivity contribution in [2.45, 2.75) is 95.9 Å². The highest BCUT2D eigenvalue weighted by Crippen LogP contribution is 2.39. The summed E-state index contributed by atoms with van der Waals surface area (Å²) in [6.07, 6.45) is 8.98. The van der Waals surface area contributed by atoms with Gasteiger partial charge in [-0.15, -0.1) is 28.8 Å². The van der Waals surface area contributed by atoms with Crippen LogP contribution in [0.5, 0.6) is 0 Å². The van der Waals surface area contributed by atoms with E-state index < -0.39 is 5.97 Å². The van der Waals surface area contributed by atoms with E-state index in [-0.39, 0.29) is 24.9 Å². The Morgan fingerprint density at radius 1 is 1.15 bits per heavy atom. The van der Waals surface area contributed by atoms with Crippen LogP contribution in [0.25, 0.3) is 0 Å². The summed E-state index contributed by atoms with van der Waals surface area (Å²) in [5.41, 5.74) is 3.29. The van der Waals surface area contributed by atoms with Crippen LogP contribution < -0.4 is 0 Å². The molecule has 0 amide bonds. The molecule has 1 aliphatic carbocycles. The van der Waals surface area contributed by atoms with E-state index in [0.29, 0.717) is 37.6 Å². The molecule has 1 N–H and O–H groups in total. The number of aromatic nitrogens is 4. The normalized spacial score (nSPS) is 23.6. The van der Waals surface area contributed by atoms with E-state index in [0.717, 1.165) is 42.9 Å². The molecule has 5 rings (SSSR count). The first-order valence-electron chi connectivity index (χ1n) is 14.0. The number of morpholine rings is 1. The first-order valence-corrected chi connectivity index (χ1v) is 15.2. The smallest absolute Gasteiger partial charge is 0.303 e.